The molecule has 0 aliphatic heterocycles. The van der Waals surface area contributed by atoms with E-state index in [1.807, 2.05) is 19.2 Å². The van der Waals surface area contributed by atoms with E-state index in [9.17, 15) is 0 Å². The van der Waals surface area contributed by atoms with Gasteiger partial charge in [0.05, 0.1) is 12.8 Å². The van der Waals surface area contributed by atoms with Crippen LogP contribution in [0.4, 0.5) is 0 Å². The largest absolute Gasteiger partial charge is 0.468 e. The van der Waals surface area contributed by atoms with Gasteiger partial charge < -0.3 is 10.2 Å². The van der Waals surface area contributed by atoms with Crippen molar-refractivity contribution in [1.82, 2.24) is 4.90 Å². The van der Waals surface area contributed by atoms with Gasteiger partial charge in [0.25, 0.3) is 0 Å². The first-order valence-electron chi connectivity index (χ1n) is 4.32. The van der Waals surface area contributed by atoms with Gasteiger partial charge in [-0.15, -0.1) is 6.58 Å². The van der Waals surface area contributed by atoms with Crippen LogP contribution in [0.25, 0.3) is 0 Å². The number of nitrogens with zero attached hydrogens (tertiary/aromatic N) is 1. The maximum Gasteiger partial charge on any atom is 0.122 e. The highest BCUT2D eigenvalue weighted by Gasteiger charge is 2.06. The first-order chi connectivity index (χ1) is 6.27. The van der Waals surface area contributed by atoms with Gasteiger partial charge in [-0.1, -0.05) is 6.08 Å². The zero-order valence-corrected chi connectivity index (χ0v) is 7.99. The van der Waals surface area contributed by atoms with E-state index in [2.05, 4.69) is 11.5 Å². The molecule has 0 unspecified atom stereocenters. The van der Waals surface area contributed by atoms with Crippen molar-refractivity contribution in [2.45, 2.75) is 13.1 Å². The first-order valence-corrected chi connectivity index (χ1v) is 4.32. The minimum absolute atomic E-state index is 0.535. The van der Waals surface area contributed by atoms with Gasteiger partial charge in [0, 0.05) is 18.7 Å². The van der Waals surface area contributed by atoms with E-state index in [0.717, 1.165) is 24.4 Å². The normalized spacial score (nSPS) is 10.7. The highest BCUT2D eigenvalue weighted by atomic mass is 16.3. The van der Waals surface area contributed by atoms with E-state index < -0.39 is 0 Å². The van der Waals surface area contributed by atoms with Crippen LogP contribution >= 0.6 is 0 Å². The zero-order valence-electron chi connectivity index (χ0n) is 7.99. The Balaban J connectivity index is 2.57. The Morgan fingerprint density at radius 2 is 2.46 bits per heavy atom. The van der Waals surface area contributed by atoms with E-state index in [4.69, 9.17) is 10.2 Å². The van der Waals surface area contributed by atoms with Crippen molar-refractivity contribution < 1.29 is 4.42 Å². The summed E-state index contributed by atoms with van der Waals surface area (Å²) in [7, 11) is 2.02. The molecular formula is C10H16N2O. The van der Waals surface area contributed by atoms with Gasteiger partial charge in [-0.25, -0.2) is 0 Å². The van der Waals surface area contributed by atoms with E-state index in [0.29, 0.717) is 6.54 Å². The van der Waals surface area contributed by atoms with E-state index in [-0.39, 0.29) is 0 Å². The second kappa shape index (κ2) is 4.84. The lowest BCUT2D eigenvalue weighted by Crippen LogP contribution is -2.18. The average molecular weight is 180 g/mol. The molecule has 0 fully saturated rings. The highest BCUT2D eigenvalue weighted by Crippen LogP contribution is 2.11. The molecule has 1 rings (SSSR count). The summed E-state index contributed by atoms with van der Waals surface area (Å²) in [5, 5.41) is 0. The number of rotatable bonds is 5. The summed E-state index contributed by atoms with van der Waals surface area (Å²) in [5.41, 5.74) is 6.63. The van der Waals surface area contributed by atoms with E-state index in [1.165, 1.54) is 0 Å². The van der Waals surface area contributed by atoms with Gasteiger partial charge in [-0.05, 0) is 13.1 Å². The Labute approximate surface area is 78.8 Å². The maximum atomic E-state index is 5.55. The summed E-state index contributed by atoms with van der Waals surface area (Å²) >= 11 is 0. The Morgan fingerprint density at radius 1 is 1.69 bits per heavy atom. The summed E-state index contributed by atoms with van der Waals surface area (Å²) in [6, 6.07) is 1.91. The Bertz CT molecular complexity index is 268. The average Bonchev–Trinajstić information content (AvgIpc) is 2.52. The molecule has 3 nitrogen and oxygen atoms in total. The molecule has 0 spiro atoms. The van der Waals surface area contributed by atoms with Gasteiger partial charge in [0.1, 0.15) is 5.76 Å². The minimum atomic E-state index is 0.535. The van der Waals surface area contributed by atoms with Crippen molar-refractivity contribution in [3.05, 3.63) is 36.3 Å². The standard InChI is InChI=1S/C10H16N2O/c1-3-5-12(2)8-10-9(7-11)4-6-13-10/h3-4,6H,1,5,7-8,11H2,2H3. The Kier molecular flexibility index (Phi) is 3.73. The lowest BCUT2D eigenvalue weighted by atomic mass is 10.2. The minimum Gasteiger partial charge on any atom is -0.468 e. The molecule has 0 radical (unpaired) electrons. The highest BCUT2D eigenvalue weighted by molar-refractivity contribution is 5.16. The fraction of sp³-hybridized carbons (Fsp3) is 0.400. The number of nitrogens with two attached hydrogens (primary N) is 1. The predicted octanol–water partition coefficient (Wildman–Crippen LogP) is 1.36. The maximum absolute atomic E-state index is 5.55. The quantitative estimate of drug-likeness (QED) is 0.696. The predicted molar refractivity (Wildman–Crippen MR) is 53.1 cm³/mol. The molecule has 0 aliphatic carbocycles. The number of furan rings is 1. The van der Waals surface area contributed by atoms with Crippen molar-refractivity contribution in [2.75, 3.05) is 13.6 Å². The number of hydrogen-bond donors (Lipinski definition) is 1. The van der Waals surface area contributed by atoms with Gasteiger partial charge in [-0.3, -0.25) is 4.90 Å². The van der Waals surface area contributed by atoms with E-state index >= 15 is 0 Å². The van der Waals surface area contributed by atoms with Crippen LogP contribution in [0.15, 0.2) is 29.4 Å². The summed E-state index contributed by atoms with van der Waals surface area (Å²) in [5.74, 6) is 0.951. The summed E-state index contributed by atoms with van der Waals surface area (Å²) in [6.07, 6.45) is 3.55. The van der Waals surface area contributed by atoms with Gasteiger partial charge in [0.15, 0.2) is 0 Å². The molecule has 13 heavy (non-hydrogen) atoms. The molecule has 0 atom stereocenters. The Morgan fingerprint density at radius 3 is 3.08 bits per heavy atom. The fourth-order valence-corrected chi connectivity index (χ4v) is 1.22. The smallest absolute Gasteiger partial charge is 0.122 e. The van der Waals surface area contributed by atoms with Crippen LogP contribution < -0.4 is 5.73 Å². The molecule has 1 aromatic heterocycles. The lowest BCUT2D eigenvalue weighted by molar-refractivity contribution is 0.320. The third kappa shape index (κ3) is 2.72. The molecule has 1 aromatic rings. The van der Waals surface area contributed by atoms with Crippen molar-refractivity contribution in [3.63, 3.8) is 0 Å². The van der Waals surface area contributed by atoms with Crippen LogP contribution in [0.3, 0.4) is 0 Å². The molecule has 0 bridgehead atoms. The van der Waals surface area contributed by atoms with E-state index in [1.54, 1.807) is 6.26 Å². The number of hydrogen-bond acceptors (Lipinski definition) is 3. The molecule has 0 aliphatic rings. The van der Waals surface area contributed by atoms with Crippen LogP contribution in [-0.4, -0.2) is 18.5 Å². The van der Waals surface area contributed by atoms with Crippen molar-refractivity contribution >= 4 is 0 Å². The molecule has 72 valence electrons. The van der Waals surface area contributed by atoms with Crippen LogP contribution in [0.2, 0.25) is 0 Å². The molecule has 0 saturated carbocycles. The molecule has 0 saturated heterocycles. The van der Waals surface area contributed by atoms with Crippen LogP contribution in [0, 0.1) is 0 Å². The summed E-state index contributed by atoms with van der Waals surface area (Å²) in [4.78, 5) is 2.12. The first kappa shape index (κ1) is 10.0. The summed E-state index contributed by atoms with van der Waals surface area (Å²) < 4.78 is 5.32. The second-order valence-electron chi connectivity index (χ2n) is 3.06. The third-order valence-corrected chi connectivity index (χ3v) is 1.91. The molecule has 0 amide bonds. The van der Waals surface area contributed by atoms with Crippen LogP contribution in [-0.2, 0) is 13.1 Å². The topological polar surface area (TPSA) is 42.4 Å². The molecule has 0 aromatic carbocycles. The van der Waals surface area contributed by atoms with Crippen molar-refractivity contribution in [1.29, 1.82) is 0 Å². The monoisotopic (exact) mass is 180 g/mol. The zero-order chi connectivity index (χ0) is 9.68. The molecular weight excluding hydrogens is 164 g/mol. The molecule has 1 heterocycles. The Hall–Kier alpha value is -1.06. The van der Waals surface area contributed by atoms with Crippen molar-refractivity contribution in [2.24, 2.45) is 5.73 Å². The molecule has 2 N–H and O–H groups in total. The van der Waals surface area contributed by atoms with Gasteiger partial charge in [-0.2, -0.15) is 0 Å². The van der Waals surface area contributed by atoms with Crippen LogP contribution in [0.5, 0.6) is 0 Å². The van der Waals surface area contributed by atoms with Gasteiger partial charge >= 0.3 is 0 Å². The van der Waals surface area contributed by atoms with Gasteiger partial charge in [0.2, 0.25) is 0 Å². The third-order valence-electron chi connectivity index (χ3n) is 1.91. The SMILES string of the molecule is C=CCN(C)Cc1occc1CN. The lowest BCUT2D eigenvalue weighted by Gasteiger charge is -2.12. The van der Waals surface area contributed by atoms with Crippen LogP contribution in [0.1, 0.15) is 11.3 Å². The van der Waals surface area contributed by atoms with Crippen molar-refractivity contribution in [3.8, 4) is 0 Å². The fourth-order valence-electron chi connectivity index (χ4n) is 1.22. The molecule has 3 heteroatoms. The second-order valence-corrected chi connectivity index (χ2v) is 3.06. The number of likely N-dealkylation sites (N-methyl/N-ethyl adjacent to an activating group) is 1. The summed E-state index contributed by atoms with van der Waals surface area (Å²) in [6.45, 7) is 5.85.